The predicted octanol–water partition coefficient (Wildman–Crippen LogP) is 6.84. The molecular formula is C42H51ClN8O4. The second kappa shape index (κ2) is 14.5. The number of carboxylic acid groups (broad SMARTS) is 1. The Bertz CT molecular complexity index is 2180. The quantitative estimate of drug-likeness (QED) is 0.151. The summed E-state index contributed by atoms with van der Waals surface area (Å²) in [6.07, 6.45) is 8.16. The molecule has 4 aliphatic rings. The van der Waals surface area contributed by atoms with Gasteiger partial charge in [0.2, 0.25) is 0 Å². The number of aromatic nitrogens is 4. The SMILES string of the molecule is CCCN1CCc2c(nc(C(=O)Nc3cccc(-c4cccc(NC(=O)c5nc6c(n5C)CCN(CCC57CCC(C(=O)O)(CC5)C7)C6)c4Cl)c3C)n2C)C1. The van der Waals surface area contributed by atoms with E-state index in [0.29, 0.717) is 34.6 Å². The highest BCUT2D eigenvalue weighted by Crippen LogP contribution is 2.63. The number of carboxylic acids is 1. The molecule has 0 unspecified atom stereocenters. The van der Waals surface area contributed by atoms with E-state index in [9.17, 15) is 19.5 Å². The van der Waals surface area contributed by atoms with Gasteiger partial charge in [-0.15, -0.1) is 0 Å². The largest absolute Gasteiger partial charge is 0.481 e. The highest BCUT2D eigenvalue weighted by molar-refractivity contribution is 6.36. The monoisotopic (exact) mass is 766 g/mol. The van der Waals surface area contributed by atoms with Gasteiger partial charge in [-0.25, -0.2) is 9.97 Å². The maximum absolute atomic E-state index is 13.8. The predicted molar refractivity (Wildman–Crippen MR) is 212 cm³/mol. The van der Waals surface area contributed by atoms with Gasteiger partial charge >= 0.3 is 5.97 Å². The number of anilines is 2. The fourth-order valence-electron chi connectivity index (χ4n) is 9.88. The third-order valence-corrected chi connectivity index (χ3v) is 13.5. The summed E-state index contributed by atoms with van der Waals surface area (Å²) in [4.78, 5) is 53.7. The molecule has 0 radical (unpaired) electrons. The van der Waals surface area contributed by atoms with Crippen LogP contribution in [0.5, 0.6) is 0 Å². The topological polar surface area (TPSA) is 138 Å². The van der Waals surface area contributed by atoms with Gasteiger partial charge in [0.1, 0.15) is 0 Å². The molecule has 13 heteroatoms. The van der Waals surface area contributed by atoms with Crippen LogP contribution in [0, 0.1) is 17.8 Å². The van der Waals surface area contributed by atoms with Crippen molar-refractivity contribution in [2.24, 2.45) is 24.9 Å². The Labute approximate surface area is 327 Å². The lowest BCUT2D eigenvalue weighted by molar-refractivity contribution is -0.148. The van der Waals surface area contributed by atoms with Crippen molar-refractivity contribution in [3.63, 3.8) is 0 Å². The summed E-state index contributed by atoms with van der Waals surface area (Å²) in [5, 5.41) is 16.3. The summed E-state index contributed by atoms with van der Waals surface area (Å²) in [5.41, 5.74) is 7.24. The molecule has 4 heterocycles. The summed E-state index contributed by atoms with van der Waals surface area (Å²) >= 11 is 7.03. The minimum Gasteiger partial charge on any atom is -0.481 e. The number of benzene rings is 2. The van der Waals surface area contributed by atoms with Gasteiger partial charge in [-0.2, -0.15) is 0 Å². The van der Waals surface area contributed by atoms with Gasteiger partial charge in [-0.1, -0.05) is 42.8 Å². The van der Waals surface area contributed by atoms with E-state index in [1.807, 2.05) is 60.5 Å². The van der Waals surface area contributed by atoms with Gasteiger partial charge in [0.25, 0.3) is 11.8 Å². The molecule has 2 bridgehead atoms. The second-order valence-corrected chi connectivity index (χ2v) is 16.8. The zero-order chi connectivity index (χ0) is 38.6. The number of amides is 2. The molecule has 3 N–H and O–H groups in total. The zero-order valence-corrected chi connectivity index (χ0v) is 33.1. The molecule has 12 nitrogen and oxygen atoms in total. The average molecular weight is 767 g/mol. The van der Waals surface area contributed by atoms with Crippen LogP contribution in [0.2, 0.25) is 5.02 Å². The lowest BCUT2D eigenvalue weighted by Crippen LogP contribution is -2.34. The van der Waals surface area contributed by atoms with E-state index in [1.54, 1.807) is 6.07 Å². The van der Waals surface area contributed by atoms with Crippen molar-refractivity contribution < 1.29 is 19.5 Å². The van der Waals surface area contributed by atoms with E-state index < -0.39 is 11.4 Å². The van der Waals surface area contributed by atoms with Crippen molar-refractivity contribution in [2.45, 2.75) is 84.7 Å². The Morgan fingerprint density at radius 3 is 1.91 bits per heavy atom. The van der Waals surface area contributed by atoms with Crippen LogP contribution in [0.15, 0.2) is 36.4 Å². The maximum atomic E-state index is 13.8. The molecule has 2 aliphatic carbocycles. The molecule has 55 heavy (non-hydrogen) atoms. The summed E-state index contributed by atoms with van der Waals surface area (Å²) in [7, 11) is 3.80. The Morgan fingerprint density at radius 1 is 0.800 bits per heavy atom. The van der Waals surface area contributed by atoms with Crippen LogP contribution in [0.3, 0.4) is 0 Å². The third kappa shape index (κ3) is 6.76. The number of nitrogens with one attached hydrogen (secondary N) is 2. The maximum Gasteiger partial charge on any atom is 0.309 e. The Hall–Kier alpha value is -4.52. The molecule has 290 valence electrons. The van der Waals surface area contributed by atoms with Crippen molar-refractivity contribution in [3.8, 4) is 11.1 Å². The molecule has 0 atom stereocenters. The fraction of sp³-hybridized carbons (Fsp3) is 0.500. The van der Waals surface area contributed by atoms with E-state index in [2.05, 4.69) is 27.4 Å². The molecule has 2 saturated carbocycles. The van der Waals surface area contributed by atoms with Crippen LogP contribution in [0.1, 0.15) is 101 Å². The van der Waals surface area contributed by atoms with Crippen LogP contribution >= 0.6 is 11.6 Å². The Balaban J connectivity index is 0.942. The second-order valence-electron chi connectivity index (χ2n) is 16.4. The number of hydrogen-bond donors (Lipinski definition) is 3. The summed E-state index contributed by atoms with van der Waals surface area (Å²) in [5.74, 6) is -0.492. The van der Waals surface area contributed by atoms with Gasteiger partial charge in [0, 0.05) is 75.8 Å². The highest BCUT2D eigenvalue weighted by atomic mass is 35.5. The first-order valence-electron chi connectivity index (χ1n) is 19.7. The van der Waals surface area contributed by atoms with E-state index in [1.165, 1.54) is 0 Å². The summed E-state index contributed by atoms with van der Waals surface area (Å²) in [6, 6.07) is 11.3. The van der Waals surface area contributed by atoms with Crippen LogP contribution in [-0.4, -0.2) is 78.0 Å². The van der Waals surface area contributed by atoms with Crippen LogP contribution in [0.4, 0.5) is 11.4 Å². The number of carbonyl (C=O) groups is 3. The first kappa shape index (κ1) is 37.4. The minimum absolute atomic E-state index is 0.144. The van der Waals surface area contributed by atoms with Gasteiger partial charge < -0.3 is 24.9 Å². The molecule has 0 spiro atoms. The highest BCUT2D eigenvalue weighted by Gasteiger charge is 2.57. The summed E-state index contributed by atoms with van der Waals surface area (Å²) < 4.78 is 3.81. The molecule has 8 rings (SSSR count). The molecular weight excluding hydrogens is 716 g/mol. The average Bonchev–Trinajstić information content (AvgIpc) is 3.93. The van der Waals surface area contributed by atoms with Gasteiger partial charge in [-0.3, -0.25) is 24.2 Å². The van der Waals surface area contributed by atoms with Crippen molar-refractivity contribution in [2.75, 3.05) is 36.8 Å². The molecule has 2 aromatic carbocycles. The number of halogens is 1. The molecule has 2 aliphatic heterocycles. The van der Waals surface area contributed by atoms with Gasteiger partial charge in [-0.05, 0) is 93.6 Å². The van der Waals surface area contributed by atoms with Crippen LogP contribution < -0.4 is 10.6 Å². The number of fused-ring (bicyclic) bond motifs is 4. The smallest absolute Gasteiger partial charge is 0.309 e. The van der Waals surface area contributed by atoms with Crippen molar-refractivity contribution in [1.29, 1.82) is 0 Å². The fourth-order valence-corrected chi connectivity index (χ4v) is 10.2. The first-order chi connectivity index (χ1) is 26.4. The van der Waals surface area contributed by atoms with E-state index in [0.717, 1.165) is 130 Å². The standard InChI is InChI=1S/C42H51ClN8O4/c1-5-19-50-20-12-33-31(23-50)44-36(48(33)3)38(52)46-29-10-6-8-27(26(29)2)28-9-7-11-30(35(28)43)47-39(53)37-45-32-24-51(21-13-34(32)49(37)4)22-18-41-14-16-42(25-41,17-15-41)40(54)55/h6-11H,5,12-25H2,1-4H3,(H,46,52)(H,47,53)(H,54,55). The number of rotatable bonds is 11. The van der Waals surface area contributed by atoms with Crippen LogP contribution in [-0.2, 0) is 44.8 Å². The zero-order valence-electron chi connectivity index (χ0n) is 32.3. The van der Waals surface area contributed by atoms with Crippen LogP contribution in [0.25, 0.3) is 11.1 Å². The minimum atomic E-state index is -0.620. The van der Waals surface area contributed by atoms with E-state index in [4.69, 9.17) is 21.6 Å². The molecule has 2 fully saturated rings. The molecule has 2 amide bonds. The van der Waals surface area contributed by atoms with Crippen molar-refractivity contribution in [1.82, 2.24) is 28.9 Å². The molecule has 0 saturated heterocycles. The summed E-state index contributed by atoms with van der Waals surface area (Å²) in [6.45, 7) is 9.31. The van der Waals surface area contributed by atoms with E-state index >= 15 is 0 Å². The number of carbonyl (C=O) groups excluding carboxylic acids is 2. The Morgan fingerprint density at radius 2 is 1.35 bits per heavy atom. The molecule has 2 aromatic heterocycles. The van der Waals surface area contributed by atoms with Crippen molar-refractivity contribution in [3.05, 3.63) is 81.4 Å². The Kier molecular flexibility index (Phi) is 9.88. The number of aliphatic carboxylic acids is 1. The normalized spacial score (nSPS) is 22.1. The third-order valence-electron chi connectivity index (χ3n) is 13.1. The van der Waals surface area contributed by atoms with E-state index in [-0.39, 0.29) is 17.2 Å². The lowest BCUT2D eigenvalue weighted by Gasteiger charge is -2.32. The van der Waals surface area contributed by atoms with Crippen molar-refractivity contribution >= 4 is 40.8 Å². The molecule has 4 aromatic rings. The van der Waals surface area contributed by atoms with Gasteiger partial charge in [0.05, 0.1) is 27.5 Å². The number of imidazole rings is 2. The first-order valence-corrected chi connectivity index (χ1v) is 20.1. The number of nitrogens with zero attached hydrogens (tertiary/aromatic N) is 6. The number of hydrogen-bond acceptors (Lipinski definition) is 7. The lowest BCUT2D eigenvalue weighted by atomic mass is 9.80. The van der Waals surface area contributed by atoms with Gasteiger partial charge in [0.15, 0.2) is 11.6 Å².